The minimum Gasteiger partial charge on any atom is -0.324 e. The summed E-state index contributed by atoms with van der Waals surface area (Å²) < 4.78 is 5.17. The van der Waals surface area contributed by atoms with Crippen LogP contribution in [0.3, 0.4) is 0 Å². The third-order valence-corrected chi connectivity index (χ3v) is 4.06. The van der Waals surface area contributed by atoms with Crippen LogP contribution in [0.2, 0.25) is 0 Å². The fourth-order valence-corrected chi connectivity index (χ4v) is 3.14. The van der Waals surface area contributed by atoms with Crippen molar-refractivity contribution in [1.82, 2.24) is 14.3 Å². The zero-order valence-corrected chi connectivity index (χ0v) is 11.4. The third kappa shape index (κ3) is 3.02. The van der Waals surface area contributed by atoms with Gasteiger partial charge in [0.1, 0.15) is 10.9 Å². The van der Waals surface area contributed by atoms with Crippen molar-refractivity contribution in [3.63, 3.8) is 0 Å². The van der Waals surface area contributed by atoms with Gasteiger partial charge < -0.3 is 5.73 Å². The molecule has 2 rings (SSSR count). The van der Waals surface area contributed by atoms with Gasteiger partial charge in [-0.25, -0.2) is 9.97 Å². The molecular weight excluding hydrogens is 252 g/mol. The van der Waals surface area contributed by atoms with E-state index in [1.54, 1.807) is 6.20 Å². The lowest BCUT2D eigenvalue weighted by Gasteiger charge is -2.08. The lowest BCUT2D eigenvalue weighted by atomic mass is 10.2. The molecule has 0 aliphatic heterocycles. The highest BCUT2D eigenvalue weighted by Crippen LogP contribution is 2.31. The summed E-state index contributed by atoms with van der Waals surface area (Å²) in [5.74, 6) is 0.885. The van der Waals surface area contributed by atoms with Gasteiger partial charge in [-0.1, -0.05) is 13.0 Å². The molecule has 6 heteroatoms. The van der Waals surface area contributed by atoms with Crippen molar-refractivity contribution in [1.29, 1.82) is 0 Å². The van der Waals surface area contributed by atoms with Crippen molar-refractivity contribution >= 4 is 23.3 Å². The van der Waals surface area contributed by atoms with Crippen molar-refractivity contribution in [2.75, 3.05) is 0 Å². The smallest absolute Gasteiger partial charge is 0.176 e. The van der Waals surface area contributed by atoms with Gasteiger partial charge in [-0.15, -0.1) is 0 Å². The maximum Gasteiger partial charge on any atom is 0.176 e. The molecule has 0 spiro atoms. The first-order valence-electron chi connectivity index (χ1n) is 5.41. The zero-order valence-electron chi connectivity index (χ0n) is 9.75. The van der Waals surface area contributed by atoms with Crippen LogP contribution in [-0.4, -0.2) is 14.3 Å². The summed E-state index contributed by atoms with van der Waals surface area (Å²) in [5, 5.41) is 0.918. The van der Waals surface area contributed by atoms with Crippen LogP contribution in [0.4, 0.5) is 0 Å². The van der Waals surface area contributed by atoms with Crippen LogP contribution >= 0.6 is 23.3 Å². The lowest BCUT2D eigenvalue weighted by Crippen LogP contribution is -2.07. The summed E-state index contributed by atoms with van der Waals surface area (Å²) in [5.41, 5.74) is 6.96. The van der Waals surface area contributed by atoms with Gasteiger partial charge in [-0.3, -0.25) is 0 Å². The summed E-state index contributed by atoms with van der Waals surface area (Å²) in [4.78, 5) is 8.77. The molecule has 0 amide bonds. The number of hydrogen-bond acceptors (Lipinski definition) is 6. The van der Waals surface area contributed by atoms with E-state index in [4.69, 9.17) is 5.73 Å². The molecule has 0 fully saturated rings. The fourth-order valence-electron chi connectivity index (χ4n) is 1.34. The van der Waals surface area contributed by atoms with E-state index in [1.807, 2.05) is 26.0 Å². The molecule has 2 N–H and O–H groups in total. The van der Waals surface area contributed by atoms with Gasteiger partial charge in [0, 0.05) is 24.2 Å². The van der Waals surface area contributed by atoms with Gasteiger partial charge in [0.05, 0.1) is 0 Å². The number of nitrogens with two attached hydrogens (primary N) is 1. The standard InChI is InChI=1S/C11H14N4S2/c1-3-9-14-11(17-15-9)16-10-8(7(2)12)5-4-6-13-10/h4-7H,3,12H2,1-2H3. The van der Waals surface area contributed by atoms with Crippen LogP contribution < -0.4 is 5.73 Å². The lowest BCUT2D eigenvalue weighted by molar-refractivity contribution is 0.779. The molecule has 0 aliphatic carbocycles. The number of pyridine rings is 1. The van der Waals surface area contributed by atoms with Gasteiger partial charge in [-0.05, 0) is 36.3 Å². The summed E-state index contributed by atoms with van der Waals surface area (Å²) >= 11 is 2.94. The SMILES string of the molecule is CCc1nsc(Sc2ncccc2C(C)N)n1. The molecule has 0 saturated carbocycles. The number of hydrogen-bond donors (Lipinski definition) is 1. The summed E-state index contributed by atoms with van der Waals surface area (Å²) in [7, 11) is 0. The van der Waals surface area contributed by atoms with Crippen LogP contribution in [0.25, 0.3) is 0 Å². The molecule has 0 radical (unpaired) electrons. The Balaban J connectivity index is 2.23. The topological polar surface area (TPSA) is 64.7 Å². The van der Waals surface area contributed by atoms with Crippen molar-refractivity contribution in [3.05, 3.63) is 29.7 Å². The molecule has 17 heavy (non-hydrogen) atoms. The van der Waals surface area contributed by atoms with Crippen molar-refractivity contribution in [2.45, 2.75) is 35.7 Å². The van der Waals surface area contributed by atoms with Crippen molar-refractivity contribution in [2.24, 2.45) is 5.73 Å². The number of aromatic nitrogens is 3. The molecule has 0 aliphatic rings. The number of rotatable bonds is 4. The largest absolute Gasteiger partial charge is 0.324 e. The quantitative estimate of drug-likeness (QED) is 0.921. The monoisotopic (exact) mass is 266 g/mol. The highest BCUT2D eigenvalue weighted by Gasteiger charge is 2.11. The van der Waals surface area contributed by atoms with Gasteiger partial charge in [0.25, 0.3) is 0 Å². The van der Waals surface area contributed by atoms with Crippen LogP contribution in [0.1, 0.15) is 31.3 Å². The molecule has 90 valence electrons. The molecule has 1 unspecified atom stereocenters. The maximum absolute atomic E-state index is 5.91. The summed E-state index contributed by atoms with van der Waals surface area (Å²) in [6, 6.07) is 3.88. The van der Waals surface area contributed by atoms with Crippen LogP contribution in [0.5, 0.6) is 0 Å². The van der Waals surface area contributed by atoms with Crippen LogP contribution in [0.15, 0.2) is 27.7 Å². The first-order chi connectivity index (χ1) is 8.20. The Bertz CT molecular complexity index is 496. The van der Waals surface area contributed by atoms with Gasteiger partial charge in [0.2, 0.25) is 0 Å². The third-order valence-electron chi connectivity index (χ3n) is 2.24. The van der Waals surface area contributed by atoms with E-state index in [-0.39, 0.29) is 6.04 Å². The second-order valence-corrected chi connectivity index (χ2v) is 5.61. The van der Waals surface area contributed by atoms with Crippen LogP contribution in [-0.2, 0) is 6.42 Å². The number of aryl methyl sites for hydroxylation is 1. The van der Waals surface area contributed by atoms with E-state index < -0.39 is 0 Å². The molecule has 0 saturated heterocycles. The predicted molar refractivity (Wildman–Crippen MR) is 70.2 cm³/mol. The second kappa shape index (κ2) is 5.57. The fraction of sp³-hybridized carbons (Fsp3) is 0.364. The van der Waals surface area contributed by atoms with E-state index in [0.29, 0.717) is 0 Å². The Morgan fingerprint density at radius 3 is 3.00 bits per heavy atom. The molecule has 4 nitrogen and oxygen atoms in total. The van der Waals surface area contributed by atoms with E-state index in [1.165, 1.54) is 23.3 Å². The van der Waals surface area contributed by atoms with Gasteiger partial charge in [0.15, 0.2) is 4.34 Å². The van der Waals surface area contributed by atoms with Gasteiger partial charge >= 0.3 is 0 Å². The zero-order chi connectivity index (χ0) is 12.3. The Morgan fingerprint density at radius 2 is 2.35 bits per heavy atom. The van der Waals surface area contributed by atoms with Gasteiger partial charge in [-0.2, -0.15) is 4.37 Å². The van der Waals surface area contributed by atoms with Crippen molar-refractivity contribution < 1.29 is 0 Å². The first-order valence-corrected chi connectivity index (χ1v) is 7.00. The summed E-state index contributed by atoms with van der Waals surface area (Å²) in [6.07, 6.45) is 2.63. The molecule has 1 atom stereocenters. The maximum atomic E-state index is 5.91. The molecular formula is C11H14N4S2. The highest BCUT2D eigenvalue weighted by atomic mass is 32.2. The highest BCUT2D eigenvalue weighted by molar-refractivity contribution is 8.00. The average molecular weight is 266 g/mol. The van der Waals surface area contributed by atoms with E-state index in [9.17, 15) is 0 Å². The Labute approximate surface area is 109 Å². The molecule has 2 heterocycles. The Morgan fingerprint density at radius 1 is 1.53 bits per heavy atom. The van der Waals surface area contributed by atoms with Crippen LogP contribution in [0, 0.1) is 0 Å². The predicted octanol–water partition coefficient (Wildman–Crippen LogP) is 2.67. The van der Waals surface area contributed by atoms with Crippen molar-refractivity contribution in [3.8, 4) is 0 Å². The molecule has 0 bridgehead atoms. The first kappa shape index (κ1) is 12.5. The summed E-state index contributed by atoms with van der Waals surface area (Å²) in [6.45, 7) is 4.00. The number of nitrogens with zero attached hydrogens (tertiary/aromatic N) is 3. The van der Waals surface area contributed by atoms with E-state index >= 15 is 0 Å². The molecule has 2 aromatic heterocycles. The second-order valence-electron chi connectivity index (χ2n) is 3.62. The normalized spacial score (nSPS) is 12.6. The minimum atomic E-state index is -0.0234. The average Bonchev–Trinajstić information content (AvgIpc) is 2.77. The Kier molecular flexibility index (Phi) is 4.09. The van der Waals surface area contributed by atoms with E-state index in [2.05, 4.69) is 14.3 Å². The van der Waals surface area contributed by atoms with E-state index in [0.717, 1.165) is 27.2 Å². The minimum absolute atomic E-state index is 0.0234. The molecule has 2 aromatic rings. The Hall–Kier alpha value is -0.980. The molecule has 0 aromatic carbocycles.